The van der Waals surface area contributed by atoms with Crippen molar-refractivity contribution in [3.8, 4) is 5.75 Å². The predicted molar refractivity (Wildman–Crippen MR) is 81.1 cm³/mol. The van der Waals surface area contributed by atoms with E-state index in [2.05, 4.69) is 19.2 Å². The van der Waals surface area contributed by atoms with E-state index in [9.17, 15) is 0 Å². The molecule has 1 N–H and O–H groups in total. The maximum absolute atomic E-state index is 6.11. The topological polar surface area (TPSA) is 21.3 Å². The lowest BCUT2D eigenvalue weighted by atomic mass is 9.91. The van der Waals surface area contributed by atoms with Gasteiger partial charge in [-0.15, -0.1) is 0 Å². The lowest BCUT2D eigenvalue weighted by molar-refractivity contribution is 0.338. The number of rotatable bonds is 7. The highest BCUT2D eigenvalue weighted by atomic mass is 35.5. The molecular formula is C16H24ClNO. The summed E-state index contributed by atoms with van der Waals surface area (Å²) in [6.07, 6.45) is 3.75. The summed E-state index contributed by atoms with van der Waals surface area (Å²) in [5.41, 5.74) is 1.20. The van der Waals surface area contributed by atoms with Crippen molar-refractivity contribution in [1.29, 1.82) is 0 Å². The van der Waals surface area contributed by atoms with Gasteiger partial charge in [0, 0.05) is 11.1 Å². The number of benzene rings is 1. The van der Waals surface area contributed by atoms with Gasteiger partial charge in [-0.25, -0.2) is 0 Å². The van der Waals surface area contributed by atoms with Crippen molar-refractivity contribution in [2.45, 2.75) is 39.2 Å². The van der Waals surface area contributed by atoms with Gasteiger partial charge < -0.3 is 10.1 Å². The zero-order valence-corrected chi connectivity index (χ0v) is 12.8. The zero-order chi connectivity index (χ0) is 13.8. The molecule has 106 valence electrons. The van der Waals surface area contributed by atoms with Crippen LogP contribution in [0.5, 0.6) is 5.75 Å². The fourth-order valence-electron chi connectivity index (χ4n) is 2.80. The molecule has 1 aliphatic rings. The number of likely N-dealkylation sites (N-methyl/N-ethyl adjacent to an activating group) is 1. The Morgan fingerprint density at radius 3 is 2.74 bits per heavy atom. The first-order valence-electron chi connectivity index (χ1n) is 7.21. The standard InChI is InChI=1S/C16H24ClNO/c1-4-18-15(11(2)12-5-6-12)10-13-9-14(17)7-8-16(13)19-3/h7-9,11-12,15,18H,4-6,10H2,1-3H3. The van der Waals surface area contributed by atoms with Crippen LogP contribution in [0.1, 0.15) is 32.3 Å². The zero-order valence-electron chi connectivity index (χ0n) is 12.1. The Kier molecular flexibility index (Phi) is 5.12. The van der Waals surface area contributed by atoms with E-state index in [1.165, 1.54) is 18.4 Å². The first-order chi connectivity index (χ1) is 9.15. The second-order valence-electron chi connectivity index (χ2n) is 5.52. The number of methoxy groups -OCH3 is 1. The maximum atomic E-state index is 6.11. The Hall–Kier alpha value is -0.730. The lowest BCUT2D eigenvalue weighted by Crippen LogP contribution is -2.37. The quantitative estimate of drug-likeness (QED) is 0.818. The normalized spacial score (nSPS) is 18.1. The molecule has 0 spiro atoms. The van der Waals surface area contributed by atoms with Crippen molar-refractivity contribution in [1.82, 2.24) is 5.32 Å². The van der Waals surface area contributed by atoms with Crippen LogP contribution in [0.15, 0.2) is 18.2 Å². The maximum Gasteiger partial charge on any atom is 0.122 e. The fourth-order valence-corrected chi connectivity index (χ4v) is 2.99. The highest BCUT2D eigenvalue weighted by Crippen LogP contribution is 2.39. The molecule has 2 atom stereocenters. The van der Waals surface area contributed by atoms with Gasteiger partial charge >= 0.3 is 0 Å². The van der Waals surface area contributed by atoms with Gasteiger partial charge in [-0.05, 0) is 61.4 Å². The van der Waals surface area contributed by atoms with Crippen LogP contribution in [0.3, 0.4) is 0 Å². The van der Waals surface area contributed by atoms with Crippen LogP contribution in [-0.2, 0) is 6.42 Å². The molecule has 0 aromatic heterocycles. The third-order valence-electron chi connectivity index (χ3n) is 4.15. The van der Waals surface area contributed by atoms with Gasteiger partial charge in [-0.2, -0.15) is 0 Å². The molecule has 1 aromatic carbocycles. The SMILES string of the molecule is CCNC(Cc1cc(Cl)ccc1OC)C(C)C1CC1. The van der Waals surface area contributed by atoms with Gasteiger partial charge in [0.2, 0.25) is 0 Å². The largest absolute Gasteiger partial charge is 0.496 e. The van der Waals surface area contributed by atoms with Crippen molar-refractivity contribution >= 4 is 11.6 Å². The molecule has 0 heterocycles. The van der Waals surface area contributed by atoms with Gasteiger partial charge in [0.1, 0.15) is 5.75 Å². The van der Waals surface area contributed by atoms with Crippen molar-refractivity contribution in [3.05, 3.63) is 28.8 Å². The van der Waals surface area contributed by atoms with Crippen molar-refractivity contribution in [2.75, 3.05) is 13.7 Å². The van der Waals surface area contributed by atoms with Crippen LogP contribution in [0.2, 0.25) is 5.02 Å². The van der Waals surface area contributed by atoms with Crippen LogP contribution in [0.4, 0.5) is 0 Å². The summed E-state index contributed by atoms with van der Waals surface area (Å²) in [6, 6.07) is 6.38. The van der Waals surface area contributed by atoms with Crippen LogP contribution in [-0.4, -0.2) is 19.7 Å². The summed E-state index contributed by atoms with van der Waals surface area (Å²) in [7, 11) is 1.72. The Bertz CT molecular complexity index is 417. The summed E-state index contributed by atoms with van der Waals surface area (Å²) < 4.78 is 5.45. The number of hydrogen-bond acceptors (Lipinski definition) is 2. The van der Waals surface area contributed by atoms with Crippen LogP contribution in [0, 0.1) is 11.8 Å². The van der Waals surface area contributed by atoms with Crippen LogP contribution < -0.4 is 10.1 Å². The molecule has 2 nitrogen and oxygen atoms in total. The highest BCUT2D eigenvalue weighted by Gasteiger charge is 2.33. The van der Waals surface area contributed by atoms with Crippen molar-refractivity contribution in [3.63, 3.8) is 0 Å². The molecule has 1 fully saturated rings. The van der Waals surface area contributed by atoms with E-state index in [4.69, 9.17) is 16.3 Å². The Labute approximate surface area is 121 Å². The third kappa shape index (κ3) is 3.87. The van der Waals surface area contributed by atoms with Crippen molar-refractivity contribution < 1.29 is 4.74 Å². The monoisotopic (exact) mass is 281 g/mol. The van der Waals surface area contributed by atoms with E-state index >= 15 is 0 Å². The van der Waals surface area contributed by atoms with E-state index in [-0.39, 0.29) is 0 Å². The number of ether oxygens (including phenoxy) is 1. The molecule has 1 aromatic rings. The molecule has 2 rings (SSSR count). The Morgan fingerprint density at radius 1 is 1.42 bits per heavy atom. The summed E-state index contributed by atoms with van der Waals surface area (Å²) in [6.45, 7) is 5.54. The van der Waals surface area contributed by atoms with Gasteiger partial charge in [0.15, 0.2) is 0 Å². The Morgan fingerprint density at radius 2 is 2.16 bits per heavy atom. The van der Waals surface area contributed by atoms with Gasteiger partial charge in [0.25, 0.3) is 0 Å². The van der Waals surface area contributed by atoms with Crippen molar-refractivity contribution in [2.24, 2.45) is 11.8 Å². The number of nitrogens with one attached hydrogen (secondary N) is 1. The molecule has 0 amide bonds. The smallest absolute Gasteiger partial charge is 0.122 e. The highest BCUT2D eigenvalue weighted by molar-refractivity contribution is 6.30. The minimum atomic E-state index is 0.505. The van der Waals surface area contributed by atoms with Crippen LogP contribution >= 0.6 is 11.6 Å². The minimum Gasteiger partial charge on any atom is -0.496 e. The van der Waals surface area contributed by atoms with E-state index in [0.717, 1.165) is 29.7 Å². The molecule has 19 heavy (non-hydrogen) atoms. The average Bonchev–Trinajstić information content (AvgIpc) is 3.22. The molecule has 0 aliphatic heterocycles. The first-order valence-corrected chi connectivity index (χ1v) is 7.59. The van der Waals surface area contributed by atoms with Gasteiger partial charge in [-0.3, -0.25) is 0 Å². The third-order valence-corrected chi connectivity index (χ3v) is 4.38. The molecule has 0 bridgehead atoms. The second kappa shape index (κ2) is 6.62. The lowest BCUT2D eigenvalue weighted by Gasteiger charge is -2.25. The van der Waals surface area contributed by atoms with E-state index in [1.54, 1.807) is 7.11 Å². The summed E-state index contributed by atoms with van der Waals surface area (Å²) >= 11 is 6.11. The molecule has 2 unspecified atom stereocenters. The van der Waals surface area contributed by atoms with Gasteiger partial charge in [-0.1, -0.05) is 25.4 Å². The molecule has 0 radical (unpaired) electrons. The van der Waals surface area contributed by atoms with E-state index < -0.39 is 0 Å². The second-order valence-corrected chi connectivity index (χ2v) is 5.96. The number of hydrogen-bond donors (Lipinski definition) is 1. The molecule has 1 saturated carbocycles. The minimum absolute atomic E-state index is 0.505. The number of halogens is 1. The summed E-state index contributed by atoms with van der Waals surface area (Å²) in [4.78, 5) is 0. The molecule has 1 aliphatic carbocycles. The van der Waals surface area contributed by atoms with Crippen LogP contribution in [0.25, 0.3) is 0 Å². The Balaban J connectivity index is 2.13. The van der Waals surface area contributed by atoms with Gasteiger partial charge in [0.05, 0.1) is 7.11 Å². The van der Waals surface area contributed by atoms with E-state index in [0.29, 0.717) is 12.0 Å². The molecular weight excluding hydrogens is 258 g/mol. The van der Waals surface area contributed by atoms with E-state index in [1.807, 2.05) is 18.2 Å². The predicted octanol–water partition coefficient (Wildman–Crippen LogP) is 3.92. The summed E-state index contributed by atoms with van der Waals surface area (Å²) in [5.74, 6) is 2.55. The first kappa shape index (κ1) is 14.7. The molecule has 0 saturated heterocycles. The fraction of sp³-hybridized carbons (Fsp3) is 0.625. The average molecular weight is 282 g/mol. The molecule has 3 heteroatoms. The summed E-state index contributed by atoms with van der Waals surface area (Å²) in [5, 5.41) is 4.41.